The van der Waals surface area contributed by atoms with E-state index in [2.05, 4.69) is 21.2 Å². The smallest absolute Gasteiger partial charge is 0.273 e. The molecule has 0 unspecified atom stereocenters. The Balaban J connectivity index is 1.66. The number of rotatable bonds is 4. The van der Waals surface area contributed by atoms with E-state index in [4.69, 9.17) is 11.6 Å². The first-order chi connectivity index (χ1) is 15.7. The van der Waals surface area contributed by atoms with Gasteiger partial charge in [0, 0.05) is 15.9 Å². The van der Waals surface area contributed by atoms with Crippen molar-refractivity contribution in [3.63, 3.8) is 0 Å². The molecule has 7 heteroatoms. The van der Waals surface area contributed by atoms with Crippen LogP contribution in [0.5, 0.6) is 0 Å². The van der Waals surface area contributed by atoms with E-state index in [1.54, 1.807) is 6.07 Å². The summed E-state index contributed by atoms with van der Waals surface area (Å²) in [5.41, 5.74) is 4.65. The van der Waals surface area contributed by atoms with Crippen LogP contribution in [0.25, 0.3) is 6.08 Å². The zero-order chi connectivity index (χ0) is 23.7. The Bertz CT molecular complexity index is 1330. The van der Waals surface area contributed by atoms with Crippen LogP contribution in [0.1, 0.15) is 27.8 Å². The number of aryl methyl sites for hydroxylation is 2. The summed E-state index contributed by atoms with van der Waals surface area (Å²) in [7, 11) is 0. The molecule has 1 fully saturated rings. The van der Waals surface area contributed by atoms with Crippen molar-refractivity contribution in [2.24, 2.45) is 0 Å². The number of nitrogens with one attached hydrogen (secondary N) is 1. The SMILES string of the molecule is Cc1ccc(C)c(N2C(=O)NC(=O)/C(=C\c3ccc(Cc4ccccc4Cl)c(Br)c3)C2=O)c1. The molecule has 1 heterocycles. The second-order valence-electron chi connectivity index (χ2n) is 7.87. The van der Waals surface area contributed by atoms with Crippen LogP contribution in [-0.2, 0) is 16.0 Å². The van der Waals surface area contributed by atoms with Gasteiger partial charge in [-0.3, -0.25) is 14.9 Å². The van der Waals surface area contributed by atoms with Crippen LogP contribution in [-0.4, -0.2) is 17.8 Å². The third-order valence-corrected chi connectivity index (χ3v) is 6.54. The lowest BCUT2D eigenvalue weighted by atomic mass is 10.0. The number of amides is 4. The fourth-order valence-corrected chi connectivity index (χ4v) is 4.39. The van der Waals surface area contributed by atoms with Gasteiger partial charge in [-0.05, 0) is 65.9 Å². The summed E-state index contributed by atoms with van der Waals surface area (Å²) in [6.45, 7) is 3.68. The number of hydrogen-bond acceptors (Lipinski definition) is 3. The van der Waals surface area contributed by atoms with Crippen molar-refractivity contribution in [1.29, 1.82) is 0 Å². The molecule has 4 rings (SSSR count). The van der Waals surface area contributed by atoms with Crippen molar-refractivity contribution in [1.82, 2.24) is 5.32 Å². The normalized spacial score (nSPS) is 15.2. The van der Waals surface area contributed by atoms with Gasteiger partial charge < -0.3 is 0 Å². The van der Waals surface area contributed by atoms with Crippen molar-refractivity contribution in [2.75, 3.05) is 4.90 Å². The lowest BCUT2D eigenvalue weighted by Gasteiger charge is -2.27. The van der Waals surface area contributed by atoms with Gasteiger partial charge in [-0.2, -0.15) is 0 Å². The molecule has 166 valence electrons. The number of urea groups is 1. The molecule has 4 amide bonds. The van der Waals surface area contributed by atoms with Gasteiger partial charge in [0.15, 0.2) is 0 Å². The molecule has 0 saturated carbocycles. The van der Waals surface area contributed by atoms with Gasteiger partial charge in [0.1, 0.15) is 5.57 Å². The molecule has 0 bridgehead atoms. The van der Waals surface area contributed by atoms with Crippen molar-refractivity contribution in [3.05, 3.63) is 104 Å². The maximum atomic E-state index is 13.2. The fourth-order valence-electron chi connectivity index (χ4n) is 3.65. The molecule has 0 atom stereocenters. The Labute approximate surface area is 205 Å². The quantitative estimate of drug-likeness (QED) is 0.338. The van der Waals surface area contributed by atoms with E-state index in [1.165, 1.54) is 6.08 Å². The minimum absolute atomic E-state index is 0.110. The minimum atomic E-state index is -0.757. The number of carbonyl (C=O) groups excluding carboxylic acids is 3. The molecule has 1 N–H and O–H groups in total. The summed E-state index contributed by atoms with van der Waals surface area (Å²) in [6.07, 6.45) is 2.12. The maximum Gasteiger partial charge on any atom is 0.335 e. The zero-order valence-corrected chi connectivity index (χ0v) is 20.3. The predicted octanol–water partition coefficient (Wildman–Crippen LogP) is 5.98. The number of benzene rings is 3. The molecule has 0 aromatic heterocycles. The number of imide groups is 2. The Hall–Kier alpha value is -3.22. The standard InChI is InChI=1S/C26H20BrClN2O3/c1-15-7-8-16(2)23(11-15)30-25(32)20(24(31)29-26(30)33)12-17-9-10-18(21(27)13-17)14-19-5-3-4-6-22(19)28/h3-13H,14H2,1-2H3,(H,29,31,33)/b20-12+. The summed E-state index contributed by atoms with van der Waals surface area (Å²) in [6, 6.07) is 17.9. The first-order valence-electron chi connectivity index (χ1n) is 10.2. The highest BCUT2D eigenvalue weighted by Crippen LogP contribution is 2.28. The van der Waals surface area contributed by atoms with E-state index in [1.807, 2.05) is 68.4 Å². The van der Waals surface area contributed by atoms with E-state index in [-0.39, 0.29) is 5.57 Å². The minimum Gasteiger partial charge on any atom is -0.273 e. The fraction of sp³-hybridized carbons (Fsp3) is 0.115. The average molecular weight is 524 g/mol. The number of nitrogens with zero attached hydrogens (tertiary/aromatic N) is 1. The molecular weight excluding hydrogens is 504 g/mol. The third-order valence-electron chi connectivity index (χ3n) is 5.43. The third kappa shape index (κ3) is 4.77. The maximum absolute atomic E-state index is 13.2. The topological polar surface area (TPSA) is 66.5 Å². The Morgan fingerprint density at radius 1 is 0.970 bits per heavy atom. The van der Waals surface area contributed by atoms with Gasteiger partial charge in [0.25, 0.3) is 11.8 Å². The molecule has 1 aliphatic rings. The van der Waals surface area contributed by atoms with E-state index in [0.29, 0.717) is 22.7 Å². The van der Waals surface area contributed by atoms with E-state index >= 15 is 0 Å². The zero-order valence-electron chi connectivity index (χ0n) is 18.0. The summed E-state index contributed by atoms with van der Waals surface area (Å²) < 4.78 is 0.822. The summed E-state index contributed by atoms with van der Waals surface area (Å²) >= 11 is 9.85. The van der Waals surface area contributed by atoms with Gasteiger partial charge in [-0.15, -0.1) is 0 Å². The number of barbiturate groups is 1. The van der Waals surface area contributed by atoms with Crippen LogP contribution in [0.2, 0.25) is 5.02 Å². The van der Waals surface area contributed by atoms with Crippen molar-refractivity contribution in [2.45, 2.75) is 20.3 Å². The van der Waals surface area contributed by atoms with Crippen molar-refractivity contribution in [3.8, 4) is 0 Å². The molecule has 0 aliphatic carbocycles. The van der Waals surface area contributed by atoms with Crippen LogP contribution >= 0.6 is 27.5 Å². The molecule has 5 nitrogen and oxygen atoms in total. The van der Waals surface area contributed by atoms with Gasteiger partial charge >= 0.3 is 6.03 Å². The summed E-state index contributed by atoms with van der Waals surface area (Å²) in [4.78, 5) is 39.2. The molecule has 3 aromatic carbocycles. The van der Waals surface area contributed by atoms with Crippen LogP contribution < -0.4 is 10.2 Å². The summed E-state index contributed by atoms with van der Waals surface area (Å²) in [5, 5.41) is 2.96. The second-order valence-corrected chi connectivity index (χ2v) is 9.13. The van der Waals surface area contributed by atoms with Crippen LogP contribution in [0, 0.1) is 13.8 Å². The van der Waals surface area contributed by atoms with Crippen LogP contribution in [0.4, 0.5) is 10.5 Å². The molecule has 0 spiro atoms. The lowest BCUT2D eigenvalue weighted by molar-refractivity contribution is -0.122. The highest BCUT2D eigenvalue weighted by Gasteiger charge is 2.37. The van der Waals surface area contributed by atoms with Crippen LogP contribution in [0.3, 0.4) is 0 Å². The number of hydrogen-bond donors (Lipinski definition) is 1. The second kappa shape index (κ2) is 9.33. The Kier molecular flexibility index (Phi) is 6.49. The highest BCUT2D eigenvalue weighted by atomic mass is 79.9. The molecule has 1 aliphatic heterocycles. The molecule has 0 radical (unpaired) electrons. The molecular formula is C26H20BrClN2O3. The highest BCUT2D eigenvalue weighted by molar-refractivity contribution is 9.10. The predicted molar refractivity (Wildman–Crippen MR) is 133 cm³/mol. The first-order valence-corrected chi connectivity index (χ1v) is 11.4. The van der Waals surface area contributed by atoms with Gasteiger partial charge in [-0.1, -0.05) is 70.0 Å². The first kappa shape index (κ1) is 23.0. The molecule has 1 saturated heterocycles. The van der Waals surface area contributed by atoms with Gasteiger partial charge in [0.2, 0.25) is 0 Å². The van der Waals surface area contributed by atoms with Crippen LogP contribution in [0.15, 0.2) is 70.7 Å². The lowest BCUT2D eigenvalue weighted by Crippen LogP contribution is -2.54. The monoisotopic (exact) mass is 522 g/mol. The number of halogens is 2. The Morgan fingerprint density at radius 3 is 2.45 bits per heavy atom. The number of anilines is 1. The molecule has 33 heavy (non-hydrogen) atoms. The van der Waals surface area contributed by atoms with Gasteiger partial charge in [-0.25, -0.2) is 9.69 Å². The van der Waals surface area contributed by atoms with E-state index in [9.17, 15) is 14.4 Å². The Morgan fingerprint density at radius 2 is 1.73 bits per heavy atom. The average Bonchev–Trinajstić information content (AvgIpc) is 2.76. The van der Waals surface area contributed by atoms with Crippen molar-refractivity contribution < 1.29 is 14.4 Å². The largest absolute Gasteiger partial charge is 0.335 e. The molecule has 3 aromatic rings. The van der Waals surface area contributed by atoms with Crippen molar-refractivity contribution >= 4 is 57.1 Å². The summed E-state index contributed by atoms with van der Waals surface area (Å²) in [5.74, 6) is -1.38. The van der Waals surface area contributed by atoms with E-state index in [0.717, 1.165) is 31.6 Å². The number of carbonyl (C=O) groups is 3. The van der Waals surface area contributed by atoms with Gasteiger partial charge in [0.05, 0.1) is 5.69 Å². The van der Waals surface area contributed by atoms with E-state index < -0.39 is 17.8 Å².